The molecule has 0 aliphatic rings. The molecule has 1 heterocycles. The van der Waals surface area contributed by atoms with Crippen molar-refractivity contribution in [2.75, 3.05) is 5.32 Å². The van der Waals surface area contributed by atoms with Crippen molar-refractivity contribution >= 4 is 29.4 Å². The van der Waals surface area contributed by atoms with Gasteiger partial charge >= 0.3 is 0 Å². The van der Waals surface area contributed by atoms with Crippen molar-refractivity contribution in [3.63, 3.8) is 0 Å². The van der Waals surface area contributed by atoms with E-state index in [0.717, 1.165) is 10.5 Å². The molecule has 33 heavy (non-hydrogen) atoms. The van der Waals surface area contributed by atoms with Crippen molar-refractivity contribution in [3.8, 4) is 0 Å². The molecule has 0 saturated carbocycles. The van der Waals surface area contributed by atoms with Crippen LogP contribution >= 0.6 is 11.9 Å². The third kappa shape index (κ3) is 8.00. The number of carbonyl (C=O) groups is 2. The van der Waals surface area contributed by atoms with E-state index in [-0.39, 0.29) is 23.4 Å². The Kier molecular flexibility index (Phi) is 8.19. The molecule has 172 valence electrons. The van der Waals surface area contributed by atoms with Gasteiger partial charge in [-0.05, 0) is 92.9 Å². The van der Waals surface area contributed by atoms with Crippen LogP contribution in [0.4, 0.5) is 10.1 Å². The van der Waals surface area contributed by atoms with E-state index in [1.807, 2.05) is 30.3 Å². The molecule has 0 radical (unpaired) electrons. The zero-order chi connectivity index (χ0) is 23.8. The molecule has 1 unspecified atom stereocenters. The van der Waals surface area contributed by atoms with Crippen molar-refractivity contribution in [1.29, 1.82) is 0 Å². The lowest BCUT2D eigenvalue weighted by atomic mass is 10.1. The number of nitrogens with one attached hydrogen (secondary N) is 3. The van der Waals surface area contributed by atoms with Gasteiger partial charge in [0, 0.05) is 40.5 Å². The predicted molar refractivity (Wildman–Crippen MR) is 129 cm³/mol. The van der Waals surface area contributed by atoms with Gasteiger partial charge in [-0.25, -0.2) is 4.39 Å². The molecule has 0 bridgehead atoms. The standard InChI is InChI=1S/C25H27FN4O2S/c1-25(2,3)30-33-21-12-10-20(11-13-21)28-24(32)22(15-17-5-4-14-27-16-17)29-23(31)18-6-8-19(26)9-7-18/h4-14,16,22,30H,15H2,1-3H3,(H,28,32)(H,29,31). The molecule has 0 fully saturated rings. The number of halogens is 1. The van der Waals surface area contributed by atoms with Crippen LogP contribution in [0.5, 0.6) is 0 Å². The largest absolute Gasteiger partial charge is 0.340 e. The monoisotopic (exact) mass is 466 g/mol. The number of carbonyl (C=O) groups excluding carboxylic acids is 2. The van der Waals surface area contributed by atoms with Crippen LogP contribution in [-0.2, 0) is 11.2 Å². The maximum absolute atomic E-state index is 13.2. The van der Waals surface area contributed by atoms with Crippen LogP contribution < -0.4 is 15.4 Å². The summed E-state index contributed by atoms with van der Waals surface area (Å²) < 4.78 is 16.5. The summed E-state index contributed by atoms with van der Waals surface area (Å²) >= 11 is 1.52. The molecular weight excluding hydrogens is 439 g/mol. The Balaban J connectivity index is 1.70. The molecular formula is C25H27FN4O2S. The molecule has 0 spiro atoms. The lowest BCUT2D eigenvalue weighted by Gasteiger charge is -2.20. The topological polar surface area (TPSA) is 83.1 Å². The summed E-state index contributed by atoms with van der Waals surface area (Å²) in [6.07, 6.45) is 3.55. The minimum atomic E-state index is -0.844. The van der Waals surface area contributed by atoms with Crippen LogP contribution in [0.25, 0.3) is 0 Å². The minimum Gasteiger partial charge on any atom is -0.340 e. The Morgan fingerprint density at radius 1 is 1.03 bits per heavy atom. The van der Waals surface area contributed by atoms with Gasteiger partial charge in [0.15, 0.2) is 0 Å². The molecule has 0 aliphatic heterocycles. The zero-order valence-corrected chi connectivity index (χ0v) is 19.6. The first kappa shape index (κ1) is 24.4. The van der Waals surface area contributed by atoms with Gasteiger partial charge in [0.25, 0.3) is 5.91 Å². The summed E-state index contributed by atoms with van der Waals surface area (Å²) in [5, 5.41) is 5.62. The van der Waals surface area contributed by atoms with Crippen molar-refractivity contribution in [1.82, 2.24) is 15.0 Å². The van der Waals surface area contributed by atoms with Gasteiger partial charge in [-0.15, -0.1) is 0 Å². The summed E-state index contributed by atoms with van der Waals surface area (Å²) in [7, 11) is 0. The summed E-state index contributed by atoms with van der Waals surface area (Å²) in [6, 6.07) is 15.4. The van der Waals surface area contributed by atoms with Crippen LogP contribution in [0.15, 0.2) is 78.0 Å². The van der Waals surface area contributed by atoms with Gasteiger partial charge in [0.1, 0.15) is 11.9 Å². The number of anilines is 1. The molecule has 1 aromatic heterocycles. The highest BCUT2D eigenvalue weighted by atomic mass is 32.2. The van der Waals surface area contributed by atoms with Crippen LogP contribution in [0, 0.1) is 5.82 Å². The highest BCUT2D eigenvalue weighted by Crippen LogP contribution is 2.20. The van der Waals surface area contributed by atoms with Crippen molar-refractivity contribution < 1.29 is 14.0 Å². The van der Waals surface area contributed by atoms with Gasteiger partial charge in [-0.2, -0.15) is 0 Å². The number of nitrogens with zero attached hydrogens (tertiary/aromatic N) is 1. The predicted octanol–water partition coefficient (Wildman–Crippen LogP) is 4.60. The minimum absolute atomic E-state index is 0.0280. The fraction of sp³-hybridized carbons (Fsp3) is 0.240. The van der Waals surface area contributed by atoms with Gasteiger partial charge in [-0.1, -0.05) is 6.07 Å². The Morgan fingerprint density at radius 2 is 1.73 bits per heavy atom. The van der Waals surface area contributed by atoms with E-state index in [4.69, 9.17) is 0 Å². The lowest BCUT2D eigenvalue weighted by Crippen LogP contribution is -2.45. The third-order valence-corrected chi connectivity index (χ3v) is 5.71. The van der Waals surface area contributed by atoms with E-state index in [2.05, 4.69) is 41.1 Å². The first-order valence-electron chi connectivity index (χ1n) is 10.5. The summed E-state index contributed by atoms with van der Waals surface area (Å²) in [5.74, 6) is -1.25. The van der Waals surface area contributed by atoms with Crippen LogP contribution in [0.3, 0.4) is 0 Å². The van der Waals surface area contributed by atoms with Crippen LogP contribution in [0.2, 0.25) is 0 Å². The van der Waals surface area contributed by atoms with Gasteiger partial charge < -0.3 is 10.6 Å². The van der Waals surface area contributed by atoms with Gasteiger partial charge in [0.2, 0.25) is 5.91 Å². The van der Waals surface area contributed by atoms with E-state index >= 15 is 0 Å². The highest BCUT2D eigenvalue weighted by molar-refractivity contribution is 7.97. The fourth-order valence-electron chi connectivity index (χ4n) is 2.85. The highest BCUT2D eigenvalue weighted by Gasteiger charge is 2.22. The Labute approximate surface area is 197 Å². The number of amides is 2. The second-order valence-electron chi connectivity index (χ2n) is 8.57. The average Bonchev–Trinajstić information content (AvgIpc) is 2.78. The first-order chi connectivity index (χ1) is 15.7. The number of hydrogen-bond acceptors (Lipinski definition) is 5. The molecule has 3 rings (SSSR count). The van der Waals surface area contributed by atoms with Crippen molar-refractivity contribution in [2.24, 2.45) is 0 Å². The van der Waals surface area contributed by atoms with Gasteiger partial charge in [-0.3, -0.25) is 19.3 Å². The molecule has 2 amide bonds. The maximum Gasteiger partial charge on any atom is 0.251 e. The third-order valence-electron chi connectivity index (χ3n) is 4.49. The number of hydrogen-bond donors (Lipinski definition) is 3. The molecule has 0 saturated heterocycles. The molecule has 8 heteroatoms. The fourth-order valence-corrected chi connectivity index (χ4v) is 3.55. The Hall–Kier alpha value is -3.23. The summed E-state index contributed by atoms with van der Waals surface area (Å²) in [4.78, 5) is 30.8. The van der Waals surface area contributed by atoms with E-state index in [1.54, 1.807) is 18.5 Å². The number of pyridine rings is 1. The number of rotatable bonds is 8. The number of aromatic nitrogens is 1. The molecule has 3 aromatic rings. The smallest absolute Gasteiger partial charge is 0.251 e. The lowest BCUT2D eigenvalue weighted by molar-refractivity contribution is -0.118. The summed E-state index contributed by atoms with van der Waals surface area (Å²) in [5.41, 5.74) is 1.66. The normalized spacial score (nSPS) is 12.1. The second kappa shape index (κ2) is 11.1. The second-order valence-corrected chi connectivity index (χ2v) is 9.45. The van der Waals surface area contributed by atoms with E-state index in [0.29, 0.717) is 5.69 Å². The molecule has 0 aliphatic carbocycles. The molecule has 1 atom stereocenters. The van der Waals surface area contributed by atoms with E-state index in [9.17, 15) is 14.0 Å². The molecule has 3 N–H and O–H groups in total. The van der Waals surface area contributed by atoms with Crippen molar-refractivity contribution in [2.45, 2.75) is 43.7 Å². The van der Waals surface area contributed by atoms with E-state index < -0.39 is 17.8 Å². The Bertz CT molecular complexity index is 1070. The van der Waals surface area contributed by atoms with E-state index in [1.165, 1.54) is 36.2 Å². The quantitative estimate of drug-likeness (QED) is 0.423. The SMILES string of the molecule is CC(C)(C)NSc1ccc(NC(=O)C(Cc2cccnc2)NC(=O)c2ccc(F)cc2)cc1. The average molecular weight is 467 g/mol. The van der Waals surface area contributed by atoms with Crippen LogP contribution in [0.1, 0.15) is 36.7 Å². The molecule has 2 aromatic carbocycles. The zero-order valence-electron chi connectivity index (χ0n) is 18.8. The first-order valence-corrected chi connectivity index (χ1v) is 11.3. The van der Waals surface area contributed by atoms with Crippen molar-refractivity contribution in [3.05, 3.63) is 90.0 Å². The number of benzene rings is 2. The van der Waals surface area contributed by atoms with Crippen LogP contribution in [-0.4, -0.2) is 28.4 Å². The Morgan fingerprint density at radius 3 is 2.33 bits per heavy atom. The molecule has 6 nitrogen and oxygen atoms in total. The maximum atomic E-state index is 13.2. The van der Waals surface area contributed by atoms with Gasteiger partial charge in [0.05, 0.1) is 0 Å². The summed E-state index contributed by atoms with van der Waals surface area (Å²) in [6.45, 7) is 6.24.